The van der Waals surface area contributed by atoms with E-state index in [1.165, 1.54) is 12.0 Å². The number of anilines is 1. The van der Waals surface area contributed by atoms with Crippen molar-refractivity contribution in [1.82, 2.24) is 0 Å². The molecule has 1 heterocycles. The largest absolute Gasteiger partial charge is 0.456 e. The Morgan fingerprint density at radius 3 is 2.63 bits per heavy atom. The summed E-state index contributed by atoms with van der Waals surface area (Å²) in [6.45, 7) is 0.455. The van der Waals surface area contributed by atoms with Crippen LogP contribution in [-0.2, 0) is 20.7 Å². The van der Waals surface area contributed by atoms with Crippen molar-refractivity contribution in [2.24, 2.45) is 17.3 Å². The lowest BCUT2D eigenvalue weighted by Gasteiger charge is -2.60. The van der Waals surface area contributed by atoms with E-state index in [1.807, 2.05) is 24.3 Å². The van der Waals surface area contributed by atoms with Gasteiger partial charge in [-0.2, -0.15) is 0 Å². The number of carbonyl (C=O) groups excluding carboxylic acids is 2. The lowest BCUT2D eigenvalue weighted by Crippen LogP contribution is -2.56. The van der Waals surface area contributed by atoms with Crippen molar-refractivity contribution in [3.05, 3.63) is 29.8 Å². The van der Waals surface area contributed by atoms with Gasteiger partial charge in [-0.05, 0) is 73.8 Å². The second-order valence-corrected chi connectivity index (χ2v) is 9.45. The maximum absolute atomic E-state index is 12.5. The number of para-hydroxylation sites is 1. The smallest absolute Gasteiger partial charge is 0.306 e. The predicted octanol–water partition coefficient (Wildman–Crippen LogP) is 2.84. The summed E-state index contributed by atoms with van der Waals surface area (Å²) >= 11 is 0. The summed E-state index contributed by atoms with van der Waals surface area (Å²) in [5.74, 6) is 0.650. The van der Waals surface area contributed by atoms with Crippen molar-refractivity contribution in [3.8, 4) is 0 Å². The highest BCUT2D eigenvalue weighted by Crippen LogP contribution is 2.62. The van der Waals surface area contributed by atoms with E-state index < -0.39 is 5.60 Å². The van der Waals surface area contributed by atoms with E-state index in [1.54, 1.807) is 4.90 Å². The van der Waals surface area contributed by atoms with Gasteiger partial charge < -0.3 is 14.7 Å². The Bertz CT molecular complexity index is 774. The number of hydrogen-bond acceptors (Lipinski definition) is 4. The molecule has 2 unspecified atom stereocenters. The number of esters is 1. The Balaban J connectivity index is 1.19. The molecule has 4 saturated carbocycles. The fourth-order valence-electron chi connectivity index (χ4n) is 6.78. The van der Waals surface area contributed by atoms with E-state index in [-0.39, 0.29) is 23.9 Å². The summed E-state index contributed by atoms with van der Waals surface area (Å²) in [4.78, 5) is 26.8. The summed E-state index contributed by atoms with van der Waals surface area (Å²) in [6, 6.07) is 7.88. The maximum Gasteiger partial charge on any atom is 0.306 e. The molecule has 5 nitrogen and oxygen atoms in total. The van der Waals surface area contributed by atoms with E-state index >= 15 is 0 Å². The van der Waals surface area contributed by atoms with E-state index in [0.29, 0.717) is 24.8 Å². The van der Waals surface area contributed by atoms with E-state index in [0.717, 1.165) is 44.2 Å². The first kappa shape index (κ1) is 17.2. The lowest BCUT2D eigenvalue weighted by molar-refractivity contribution is -0.177. The van der Waals surface area contributed by atoms with Gasteiger partial charge in [0.2, 0.25) is 0 Å². The monoisotopic (exact) mass is 369 g/mol. The van der Waals surface area contributed by atoms with Gasteiger partial charge >= 0.3 is 5.97 Å². The number of fused-ring (bicyclic) bond motifs is 1. The molecule has 4 fully saturated rings. The maximum atomic E-state index is 12.5. The Morgan fingerprint density at radius 1 is 1.15 bits per heavy atom. The number of amides is 1. The second-order valence-electron chi connectivity index (χ2n) is 9.45. The highest BCUT2D eigenvalue weighted by molar-refractivity contribution is 5.97. The van der Waals surface area contributed by atoms with Gasteiger partial charge in [0.1, 0.15) is 0 Å². The third kappa shape index (κ3) is 3.06. The molecule has 144 valence electrons. The van der Waals surface area contributed by atoms with Gasteiger partial charge in [-0.25, -0.2) is 0 Å². The van der Waals surface area contributed by atoms with Gasteiger partial charge in [0, 0.05) is 12.2 Å². The number of aliphatic hydroxyl groups is 1. The fraction of sp³-hybridized carbons (Fsp3) is 0.636. The molecule has 0 spiro atoms. The third-order valence-corrected chi connectivity index (χ3v) is 7.22. The van der Waals surface area contributed by atoms with Crippen LogP contribution in [0.25, 0.3) is 0 Å². The average Bonchev–Trinajstić information content (AvgIpc) is 3.01. The third-order valence-electron chi connectivity index (χ3n) is 7.22. The summed E-state index contributed by atoms with van der Waals surface area (Å²) < 4.78 is 5.39. The van der Waals surface area contributed by atoms with Crippen molar-refractivity contribution >= 4 is 17.6 Å². The number of ether oxygens (including phenoxy) is 1. The van der Waals surface area contributed by atoms with E-state index in [4.69, 9.17) is 4.74 Å². The van der Waals surface area contributed by atoms with Crippen molar-refractivity contribution < 1.29 is 19.4 Å². The van der Waals surface area contributed by atoms with Crippen LogP contribution in [0.4, 0.5) is 5.69 Å². The van der Waals surface area contributed by atoms with Crippen LogP contribution in [0, 0.1) is 17.3 Å². The predicted molar refractivity (Wildman–Crippen MR) is 100 cm³/mol. The molecular weight excluding hydrogens is 342 g/mol. The topological polar surface area (TPSA) is 66.8 Å². The zero-order valence-corrected chi connectivity index (χ0v) is 15.7. The molecule has 4 bridgehead atoms. The highest BCUT2D eigenvalue weighted by Gasteiger charge is 2.57. The van der Waals surface area contributed by atoms with E-state index in [9.17, 15) is 14.7 Å². The Morgan fingerprint density at radius 2 is 1.89 bits per heavy atom. The number of carbonyl (C=O) groups is 2. The first-order valence-electron chi connectivity index (χ1n) is 10.2. The molecule has 4 atom stereocenters. The van der Waals surface area contributed by atoms with Crippen molar-refractivity contribution in [2.45, 2.75) is 57.0 Å². The van der Waals surface area contributed by atoms with Crippen LogP contribution in [0.1, 0.15) is 50.5 Å². The second kappa shape index (κ2) is 6.06. The molecule has 5 heteroatoms. The first-order valence-corrected chi connectivity index (χ1v) is 10.2. The first-order chi connectivity index (χ1) is 12.9. The van der Waals surface area contributed by atoms with Crippen molar-refractivity contribution in [2.75, 3.05) is 18.1 Å². The van der Waals surface area contributed by atoms with Gasteiger partial charge in [-0.3, -0.25) is 9.59 Å². The molecule has 1 aromatic carbocycles. The van der Waals surface area contributed by atoms with Crippen molar-refractivity contribution in [3.63, 3.8) is 0 Å². The van der Waals surface area contributed by atoms with Gasteiger partial charge in [-0.15, -0.1) is 0 Å². The molecule has 4 aliphatic carbocycles. The van der Waals surface area contributed by atoms with Crippen LogP contribution in [-0.4, -0.2) is 35.7 Å². The van der Waals surface area contributed by atoms with Crippen LogP contribution in [0.2, 0.25) is 0 Å². The summed E-state index contributed by atoms with van der Waals surface area (Å²) in [5.41, 5.74) is 1.42. The van der Waals surface area contributed by atoms with Crippen molar-refractivity contribution in [1.29, 1.82) is 0 Å². The Kier molecular flexibility index (Phi) is 3.87. The minimum Gasteiger partial charge on any atom is -0.456 e. The fourth-order valence-corrected chi connectivity index (χ4v) is 6.78. The summed E-state index contributed by atoms with van der Waals surface area (Å²) in [6.07, 6.45) is 6.94. The Hall–Kier alpha value is -1.88. The molecule has 1 amide bonds. The number of nitrogens with zero attached hydrogens (tertiary/aromatic N) is 1. The zero-order chi connectivity index (χ0) is 18.6. The number of rotatable bonds is 4. The summed E-state index contributed by atoms with van der Waals surface area (Å²) in [5, 5.41) is 10.8. The SMILES string of the molecule is O=C(CC12C[C@@H]3C[C@@H](CC(O)(C3)C1)C2)OCC(=O)N1CCc2ccccc21. The zero-order valence-electron chi connectivity index (χ0n) is 15.7. The molecule has 6 rings (SSSR count). The minimum atomic E-state index is -0.570. The van der Waals surface area contributed by atoms with Gasteiger partial charge in [0.05, 0.1) is 12.0 Å². The van der Waals surface area contributed by atoms with Gasteiger partial charge in [-0.1, -0.05) is 18.2 Å². The minimum absolute atomic E-state index is 0.112. The lowest BCUT2D eigenvalue weighted by atomic mass is 9.47. The standard InChI is InChI=1S/C22H27NO4/c24-19(23-6-5-17-3-1-2-4-18(17)23)13-27-20(25)12-21-8-15-7-16(9-21)11-22(26,10-15)14-21/h1-4,15-16,26H,5-14H2/t15-,16+,21?,22?. The Labute approximate surface area is 159 Å². The molecule has 0 saturated heterocycles. The van der Waals surface area contributed by atoms with Crippen LogP contribution < -0.4 is 4.90 Å². The van der Waals surface area contributed by atoms with Crippen LogP contribution in [0.5, 0.6) is 0 Å². The molecule has 1 aromatic rings. The molecule has 5 aliphatic rings. The van der Waals surface area contributed by atoms with Gasteiger partial charge in [0.15, 0.2) is 6.61 Å². The molecule has 0 aromatic heterocycles. The highest BCUT2D eigenvalue weighted by atomic mass is 16.5. The van der Waals surface area contributed by atoms with Gasteiger partial charge in [0.25, 0.3) is 5.91 Å². The van der Waals surface area contributed by atoms with Crippen LogP contribution >= 0.6 is 0 Å². The van der Waals surface area contributed by atoms with E-state index in [2.05, 4.69) is 0 Å². The molecule has 1 aliphatic heterocycles. The molecule has 0 radical (unpaired) electrons. The molecular formula is C22H27NO4. The number of hydrogen-bond donors (Lipinski definition) is 1. The van der Waals surface area contributed by atoms with Crippen LogP contribution in [0.15, 0.2) is 24.3 Å². The molecule has 1 N–H and O–H groups in total. The number of benzene rings is 1. The molecule has 27 heavy (non-hydrogen) atoms. The average molecular weight is 369 g/mol. The summed E-state index contributed by atoms with van der Waals surface area (Å²) in [7, 11) is 0. The quantitative estimate of drug-likeness (QED) is 0.829. The van der Waals surface area contributed by atoms with Crippen LogP contribution in [0.3, 0.4) is 0 Å². The normalized spacial score (nSPS) is 36.0.